The van der Waals surface area contributed by atoms with Crippen LogP contribution >= 0.6 is 11.3 Å². The third kappa shape index (κ3) is 3.05. The van der Waals surface area contributed by atoms with Crippen LogP contribution in [0.2, 0.25) is 0 Å². The molecule has 3 rings (SSSR count). The third-order valence-electron chi connectivity index (χ3n) is 3.80. The average molecular weight is 302 g/mol. The second kappa shape index (κ2) is 6.22. The summed E-state index contributed by atoms with van der Waals surface area (Å²) < 4.78 is 0. The maximum absolute atomic E-state index is 12.4. The Morgan fingerprint density at radius 2 is 2.38 bits per heavy atom. The van der Waals surface area contributed by atoms with Gasteiger partial charge in [-0.25, -0.2) is 4.98 Å². The van der Waals surface area contributed by atoms with Crippen LogP contribution < -0.4 is 5.32 Å². The lowest BCUT2D eigenvalue weighted by Crippen LogP contribution is -2.39. The predicted octanol–water partition coefficient (Wildman–Crippen LogP) is 2.60. The fraction of sp³-hybridized carbons (Fsp3) is 0.400. The molecule has 3 heterocycles. The zero-order chi connectivity index (χ0) is 14.7. The molecule has 21 heavy (non-hydrogen) atoms. The Labute approximate surface area is 128 Å². The van der Waals surface area contributed by atoms with Crippen molar-refractivity contribution in [1.82, 2.24) is 14.9 Å². The summed E-state index contributed by atoms with van der Waals surface area (Å²) >= 11 is 1.40. The van der Waals surface area contributed by atoms with Gasteiger partial charge < -0.3 is 10.2 Å². The Bertz CT molecular complexity index is 614. The lowest BCUT2D eigenvalue weighted by atomic mass is 9.94. The number of rotatable bonds is 3. The highest BCUT2D eigenvalue weighted by Gasteiger charge is 2.26. The first-order valence-corrected chi connectivity index (χ1v) is 7.98. The van der Waals surface area contributed by atoms with Gasteiger partial charge in [-0.15, -0.1) is 11.3 Å². The summed E-state index contributed by atoms with van der Waals surface area (Å²) in [7, 11) is 1.87. The van der Waals surface area contributed by atoms with Crippen LogP contribution in [-0.2, 0) is 0 Å². The Hall–Kier alpha value is -1.95. The van der Waals surface area contributed by atoms with Crippen molar-refractivity contribution in [3.63, 3.8) is 0 Å². The lowest BCUT2D eigenvalue weighted by Gasteiger charge is -2.32. The van der Waals surface area contributed by atoms with Gasteiger partial charge >= 0.3 is 0 Å². The Morgan fingerprint density at radius 1 is 1.48 bits per heavy atom. The molecule has 6 heteroatoms. The van der Waals surface area contributed by atoms with Crippen molar-refractivity contribution < 1.29 is 4.79 Å². The molecule has 110 valence electrons. The molecule has 2 aromatic heterocycles. The number of piperidine rings is 1. The highest BCUT2D eigenvalue weighted by atomic mass is 32.1. The van der Waals surface area contributed by atoms with Gasteiger partial charge in [0.05, 0.1) is 11.7 Å². The zero-order valence-electron chi connectivity index (χ0n) is 12.0. The number of amides is 1. The van der Waals surface area contributed by atoms with Gasteiger partial charge in [0.2, 0.25) is 0 Å². The van der Waals surface area contributed by atoms with Gasteiger partial charge in [0.25, 0.3) is 5.91 Å². The number of nitrogens with zero attached hydrogens (tertiary/aromatic N) is 3. The van der Waals surface area contributed by atoms with Crippen molar-refractivity contribution in [2.75, 3.05) is 25.5 Å². The molecule has 0 spiro atoms. The minimum atomic E-state index is 0.0898. The molecule has 5 nitrogen and oxygen atoms in total. The summed E-state index contributed by atoms with van der Waals surface area (Å²) in [5, 5.41) is 3.06. The molecule has 0 saturated carbocycles. The van der Waals surface area contributed by atoms with Gasteiger partial charge in [0, 0.05) is 31.7 Å². The number of thiazole rings is 1. The number of likely N-dealkylation sites (tertiary alicyclic amines) is 1. The number of anilines is 1. The highest BCUT2D eigenvalue weighted by Crippen LogP contribution is 2.27. The van der Waals surface area contributed by atoms with E-state index >= 15 is 0 Å². The molecule has 2 aromatic rings. The predicted molar refractivity (Wildman–Crippen MR) is 83.8 cm³/mol. The molecule has 1 N–H and O–H groups in total. The van der Waals surface area contributed by atoms with E-state index in [0.717, 1.165) is 37.4 Å². The van der Waals surface area contributed by atoms with E-state index in [9.17, 15) is 4.79 Å². The zero-order valence-corrected chi connectivity index (χ0v) is 12.8. The van der Waals surface area contributed by atoms with E-state index in [4.69, 9.17) is 0 Å². The van der Waals surface area contributed by atoms with E-state index in [1.807, 2.05) is 30.1 Å². The lowest BCUT2D eigenvalue weighted by molar-refractivity contribution is 0.0710. The van der Waals surface area contributed by atoms with Gasteiger partial charge in [-0.3, -0.25) is 9.78 Å². The van der Waals surface area contributed by atoms with Crippen LogP contribution in [0.1, 0.15) is 34.1 Å². The largest absolute Gasteiger partial charge is 0.373 e. The summed E-state index contributed by atoms with van der Waals surface area (Å²) in [6, 6.07) is 6.01. The highest BCUT2D eigenvalue weighted by molar-refractivity contribution is 7.11. The monoisotopic (exact) mass is 302 g/mol. The fourth-order valence-corrected chi connectivity index (χ4v) is 3.29. The molecule has 1 aliphatic heterocycles. The first-order valence-electron chi connectivity index (χ1n) is 7.10. The molecule has 0 aliphatic carbocycles. The first kappa shape index (κ1) is 14.0. The van der Waals surface area contributed by atoms with Crippen LogP contribution in [0.3, 0.4) is 0 Å². The second-order valence-electron chi connectivity index (χ2n) is 5.15. The smallest absolute Gasteiger partial charge is 0.265 e. The third-order valence-corrected chi connectivity index (χ3v) is 4.56. The van der Waals surface area contributed by atoms with Crippen LogP contribution in [-0.4, -0.2) is 40.9 Å². The number of carbonyl (C=O) groups is 1. The van der Waals surface area contributed by atoms with Crippen molar-refractivity contribution in [1.29, 1.82) is 0 Å². The minimum absolute atomic E-state index is 0.0898. The van der Waals surface area contributed by atoms with Gasteiger partial charge in [-0.2, -0.15) is 0 Å². The molecule has 1 amide bonds. The van der Waals surface area contributed by atoms with Crippen molar-refractivity contribution in [3.8, 4) is 0 Å². The SMILES string of the molecule is CNc1cccc(C2CCCN(C(=O)c3cncs3)C2)n1. The number of nitrogens with one attached hydrogen (secondary N) is 1. The molecule has 1 fully saturated rings. The van der Waals surface area contributed by atoms with Crippen LogP contribution in [0.25, 0.3) is 0 Å². The Morgan fingerprint density at radius 3 is 3.14 bits per heavy atom. The number of aromatic nitrogens is 2. The maximum atomic E-state index is 12.4. The summed E-state index contributed by atoms with van der Waals surface area (Å²) in [6.45, 7) is 1.55. The molecular weight excluding hydrogens is 284 g/mol. The molecule has 0 bridgehead atoms. The maximum Gasteiger partial charge on any atom is 0.265 e. The van der Waals surface area contributed by atoms with E-state index < -0.39 is 0 Å². The van der Waals surface area contributed by atoms with Crippen LogP contribution in [0.15, 0.2) is 29.9 Å². The van der Waals surface area contributed by atoms with E-state index in [-0.39, 0.29) is 5.91 Å². The van der Waals surface area contributed by atoms with Gasteiger partial charge in [-0.05, 0) is 25.0 Å². The van der Waals surface area contributed by atoms with Crippen LogP contribution in [0.4, 0.5) is 5.82 Å². The summed E-state index contributed by atoms with van der Waals surface area (Å²) in [5.41, 5.74) is 2.76. The minimum Gasteiger partial charge on any atom is -0.373 e. The molecule has 1 aliphatic rings. The Kier molecular flexibility index (Phi) is 4.15. The molecule has 0 aromatic carbocycles. The van der Waals surface area contributed by atoms with Gasteiger partial charge in [-0.1, -0.05) is 6.07 Å². The fourth-order valence-electron chi connectivity index (χ4n) is 2.70. The topological polar surface area (TPSA) is 58.1 Å². The summed E-state index contributed by atoms with van der Waals surface area (Å²) in [6.07, 6.45) is 3.74. The van der Waals surface area contributed by atoms with Crippen LogP contribution in [0, 0.1) is 0 Å². The molecule has 1 unspecified atom stereocenters. The van der Waals surface area contributed by atoms with Crippen LogP contribution in [0.5, 0.6) is 0 Å². The summed E-state index contributed by atoms with van der Waals surface area (Å²) in [5.74, 6) is 1.27. The average Bonchev–Trinajstić information content (AvgIpc) is 3.09. The van der Waals surface area contributed by atoms with E-state index in [2.05, 4.69) is 15.3 Å². The van der Waals surface area contributed by atoms with E-state index in [0.29, 0.717) is 10.8 Å². The van der Waals surface area contributed by atoms with Crippen molar-refractivity contribution in [2.45, 2.75) is 18.8 Å². The quantitative estimate of drug-likeness (QED) is 0.947. The van der Waals surface area contributed by atoms with E-state index in [1.54, 1.807) is 11.7 Å². The molecular formula is C15H18N4OS. The number of hydrogen-bond donors (Lipinski definition) is 1. The number of pyridine rings is 1. The first-order chi connectivity index (χ1) is 10.3. The standard InChI is InChI=1S/C15H18N4OS/c1-16-14-6-2-5-12(18-14)11-4-3-7-19(9-11)15(20)13-8-17-10-21-13/h2,5-6,8,10-11H,3-4,7,9H2,1H3,(H,16,18). The Balaban J connectivity index is 1.75. The number of carbonyl (C=O) groups excluding carboxylic acids is 1. The second-order valence-corrected chi connectivity index (χ2v) is 6.04. The van der Waals surface area contributed by atoms with Gasteiger partial charge in [0.15, 0.2) is 0 Å². The van der Waals surface area contributed by atoms with Crippen molar-refractivity contribution in [3.05, 3.63) is 40.5 Å². The molecule has 0 radical (unpaired) electrons. The van der Waals surface area contributed by atoms with Crippen molar-refractivity contribution >= 4 is 23.1 Å². The summed E-state index contributed by atoms with van der Waals surface area (Å²) in [4.78, 5) is 23.7. The van der Waals surface area contributed by atoms with E-state index in [1.165, 1.54) is 11.3 Å². The van der Waals surface area contributed by atoms with Crippen molar-refractivity contribution in [2.24, 2.45) is 0 Å². The number of hydrogen-bond acceptors (Lipinski definition) is 5. The van der Waals surface area contributed by atoms with Gasteiger partial charge in [0.1, 0.15) is 10.7 Å². The normalized spacial score (nSPS) is 18.5. The molecule has 1 atom stereocenters. The molecule has 1 saturated heterocycles.